The Morgan fingerprint density at radius 3 is 2.14 bits per heavy atom. The number of allylic oxidation sites excluding steroid dienone is 1. The second kappa shape index (κ2) is 4.28. The van der Waals surface area contributed by atoms with Gasteiger partial charge in [0, 0.05) is 0 Å². The van der Waals surface area contributed by atoms with Gasteiger partial charge in [-0.25, -0.2) is 13.2 Å². The van der Waals surface area contributed by atoms with Crippen LogP contribution in [0.15, 0.2) is 18.2 Å². The largest absolute Gasteiger partial charge is 0.276 e. The average molecular weight is 221 g/mol. The molecule has 5 heteroatoms. The van der Waals surface area contributed by atoms with Gasteiger partial charge in [-0.2, -0.15) is 0 Å². The van der Waals surface area contributed by atoms with Gasteiger partial charge >= 0.3 is 0 Å². The standard InChI is InChI=1S/C9H4ClF3O/c10-8(14)2-1-5-3-6(11)9(13)7(12)4-5/h1-4H/b2-1+. The molecule has 0 atom stereocenters. The van der Waals surface area contributed by atoms with Crippen molar-refractivity contribution in [1.29, 1.82) is 0 Å². The van der Waals surface area contributed by atoms with Gasteiger partial charge in [0.05, 0.1) is 0 Å². The highest BCUT2D eigenvalue weighted by Gasteiger charge is 2.08. The van der Waals surface area contributed by atoms with E-state index in [9.17, 15) is 18.0 Å². The van der Waals surface area contributed by atoms with Crippen LogP contribution in [0, 0.1) is 17.5 Å². The Labute approximate surface area is 82.8 Å². The highest BCUT2D eigenvalue weighted by molar-refractivity contribution is 6.66. The van der Waals surface area contributed by atoms with Crippen molar-refractivity contribution in [3.8, 4) is 0 Å². The Kier molecular flexibility index (Phi) is 3.30. The van der Waals surface area contributed by atoms with Gasteiger partial charge < -0.3 is 0 Å². The second-order valence-electron chi connectivity index (χ2n) is 2.44. The van der Waals surface area contributed by atoms with Crippen LogP contribution in [0.2, 0.25) is 0 Å². The van der Waals surface area contributed by atoms with Crippen LogP contribution in [0.1, 0.15) is 5.56 Å². The molecule has 0 aliphatic heterocycles. The predicted octanol–water partition coefficient (Wildman–Crippen LogP) is 2.88. The number of carbonyl (C=O) groups is 1. The van der Waals surface area contributed by atoms with Crippen LogP contribution in [0.5, 0.6) is 0 Å². The van der Waals surface area contributed by atoms with Crippen molar-refractivity contribution in [3.05, 3.63) is 41.2 Å². The van der Waals surface area contributed by atoms with Crippen LogP contribution >= 0.6 is 11.6 Å². The maximum atomic E-state index is 12.6. The molecule has 0 unspecified atom stereocenters. The van der Waals surface area contributed by atoms with E-state index in [1.54, 1.807) is 0 Å². The Morgan fingerprint density at radius 1 is 1.21 bits per heavy atom. The van der Waals surface area contributed by atoms with Crippen molar-refractivity contribution in [2.45, 2.75) is 0 Å². The highest BCUT2D eigenvalue weighted by Crippen LogP contribution is 2.14. The fraction of sp³-hybridized carbons (Fsp3) is 0. The molecule has 0 aromatic heterocycles. The van der Waals surface area contributed by atoms with Crippen LogP contribution in [0.25, 0.3) is 6.08 Å². The minimum atomic E-state index is -1.54. The fourth-order valence-electron chi connectivity index (χ4n) is 0.833. The van der Waals surface area contributed by atoms with Gasteiger partial charge in [0.2, 0.25) is 5.24 Å². The number of hydrogen-bond acceptors (Lipinski definition) is 1. The molecule has 0 saturated carbocycles. The van der Waals surface area contributed by atoms with Crippen molar-refractivity contribution < 1.29 is 18.0 Å². The Balaban J connectivity index is 3.07. The molecule has 0 spiro atoms. The van der Waals surface area contributed by atoms with E-state index in [4.69, 9.17) is 11.6 Å². The lowest BCUT2D eigenvalue weighted by atomic mass is 10.2. The summed E-state index contributed by atoms with van der Waals surface area (Å²) in [6.07, 6.45) is 1.99. The summed E-state index contributed by atoms with van der Waals surface area (Å²) in [6, 6.07) is 1.52. The van der Waals surface area contributed by atoms with Gasteiger partial charge in [0.1, 0.15) is 0 Å². The molecule has 1 nitrogen and oxygen atoms in total. The fourth-order valence-corrected chi connectivity index (χ4v) is 0.896. The maximum Gasteiger partial charge on any atom is 0.245 e. The lowest BCUT2D eigenvalue weighted by Crippen LogP contribution is -1.91. The van der Waals surface area contributed by atoms with E-state index in [1.807, 2.05) is 0 Å². The molecular weight excluding hydrogens is 217 g/mol. The monoisotopic (exact) mass is 220 g/mol. The van der Waals surface area contributed by atoms with E-state index in [0.717, 1.165) is 24.3 Å². The first-order valence-electron chi connectivity index (χ1n) is 3.53. The van der Waals surface area contributed by atoms with E-state index >= 15 is 0 Å². The minimum Gasteiger partial charge on any atom is -0.276 e. The zero-order chi connectivity index (χ0) is 10.7. The molecule has 0 heterocycles. The Morgan fingerprint density at radius 2 is 1.71 bits per heavy atom. The van der Waals surface area contributed by atoms with Crippen molar-refractivity contribution >= 4 is 22.9 Å². The molecule has 0 amide bonds. The smallest absolute Gasteiger partial charge is 0.245 e. The summed E-state index contributed by atoms with van der Waals surface area (Å²) in [5, 5.41) is -0.782. The molecule has 1 aromatic rings. The van der Waals surface area contributed by atoms with Gasteiger partial charge in [-0.05, 0) is 41.4 Å². The summed E-state index contributed by atoms with van der Waals surface area (Å²) in [4.78, 5) is 10.3. The van der Waals surface area contributed by atoms with E-state index in [-0.39, 0.29) is 5.56 Å². The van der Waals surface area contributed by atoms with E-state index in [2.05, 4.69) is 0 Å². The van der Waals surface area contributed by atoms with Crippen molar-refractivity contribution in [2.75, 3.05) is 0 Å². The molecule has 0 radical (unpaired) electrons. The predicted molar refractivity (Wildman–Crippen MR) is 46.2 cm³/mol. The Bertz CT molecular complexity index is 378. The summed E-state index contributed by atoms with van der Waals surface area (Å²) < 4.78 is 37.6. The lowest BCUT2D eigenvalue weighted by molar-refractivity contribution is -0.107. The third-order valence-corrected chi connectivity index (χ3v) is 1.54. The number of carbonyl (C=O) groups excluding carboxylic acids is 1. The Hall–Kier alpha value is -1.29. The van der Waals surface area contributed by atoms with E-state index < -0.39 is 22.7 Å². The summed E-state index contributed by atoms with van der Waals surface area (Å²) >= 11 is 4.95. The molecule has 1 rings (SSSR count). The molecule has 0 fully saturated rings. The normalized spacial score (nSPS) is 10.9. The summed E-state index contributed by atoms with van der Waals surface area (Å²) in [5.74, 6) is -4.17. The van der Waals surface area contributed by atoms with Crippen molar-refractivity contribution in [3.63, 3.8) is 0 Å². The van der Waals surface area contributed by atoms with Gasteiger partial charge in [-0.1, -0.05) is 0 Å². The number of halogens is 4. The minimum absolute atomic E-state index is 0.0235. The first-order valence-corrected chi connectivity index (χ1v) is 3.90. The van der Waals surface area contributed by atoms with Gasteiger partial charge in [-0.15, -0.1) is 0 Å². The SMILES string of the molecule is O=C(Cl)/C=C/c1cc(F)c(F)c(F)c1. The van der Waals surface area contributed by atoms with Crippen LogP contribution in [0.3, 0.4) is 0 Å². The highest BCUT2D eigenvalue weighted by atomic mass is 35.5. The van der Waals surface area contributed by atoms with Gasteiger partial charge in [0.25, 0.3) is 0 Å². The molecule has 0 aliphatic carbocycles. The van der Waals surface area contributed by atoms with Crippen molar-refractivity contribution in [2.24, 2.45) is 0 Å². The molecule has 0 saturated heterocycles. The molecule has 14 heavy (non-hydrogen) atoms. The van der Waals surface area contributed by atoms with Crippen molar-refractivity contribution in [1.82, 2.24) is 0 Å². The van der Waals surface area contributed by atoms with E-state index in [0.29, 0.717) is 0 Å². The first-order chi connectivity index (χ1) is 6.50. The van der Waals surface area contributed by atoms with Gasteiger partial charge in [-0.3, -0.25) is 4.79 Å². The number of rotatable bonds is 2. The summed E-state index contributed by atoms with van der Waals surface area (Å²) in [6.45, 7) is 0. The molecule has 0 bridgehead atoms. The lowest BCUT2D eigenvalue weighted by Gasteiger charge is -1.97. The first kappa shape index (κ1) is 10.8. The summed E-state index contributed by atoms with van der Waals surface area (Å²) in [5.41, 5.74) is 0.0235. The number of hydrogen-bond donors (Lipinski definition) is 0. The third-order valence-electron chi connectivity index (χ3n) is 1.41. The molecule has 1 aromatic carbocycles. The molecule has 0 N–H and O–H groups in total. The average Bonchev–Trinajstić information content (AvgIpc) is 2.10. The zero-order valence-corrected chi connectivity index (χ0v) is 7.49. The molecule has 74 valence electrons. The summed E-state index contributed by atoms with van der Waals surface area (Å²) in [7, 11) is 0. The van der Waals surface area contributed by atoms with Gasteiger partial charge in [0.15, 0.2) is 17.5 Å². The van der Waals surface area contributed by atoms with E-state index in [1.165, 1.54) is 0 Å². The maximum absolute atomic E-state index is 12.6. The zero-order valence-electron chi connectivity index (χ0n) is 6.73. The molecule has 0 aliphatic rings. The molecular formula is C9H4ClF3O. The number of benzene rings is 1. The van der Waals surface area contributed by atoms with Crippen LogP contribution < -0.4 is 0 Å². The van der Waals surface area contributed by atoms with Crippen LogP contribution in [-0.2, 0) is 4.79 Å². The van der Waals surface area contributed by atoms with Crippen LogP contribution in [-0.4, -0.2) is 5.24 Å². The third kappa shape index (κ3) is 2.60. The quantitative estimate of drug-likeness (QED) is 0.426. The second-order valence-corrected chi connectivity index (χ2v) is 2.81. The topological polar surface area (TPSA) is 17.1 Å². The van der Waals surface area contributed by atoms with Crippen LogP contribution in [0.4, 0.5) is 13.2 Å².